The van der Waals surface area contributed by atoms with E-state index in [0.29, 0.717) is 24.9 Å². The van der Waals surface area contributed by atoms with Gasteiger partial charge in [0.25, 0.3) is 5.91 Å². The Hall–Kier alpha value is -2.25. The summed E-state index contributed by atoms with van der Waals surface area (Å²) in [6.45, 7) is 4.28. The van der Waals surface area contributed by atoms with Gasteiger partial charge in [-0.2, -0.15) is 0 Å². The zero-order chi connectivity index (χ0) is 18.6. The van der Waals surface area contributed by atoms with Crippen molar-refractivity contribution in [1.82, 2.24) is 20.9 Å². The standard InChI is InChI=1S/C20H24N4O3/c25-16-5-4-15(18(26)23-16)24-9-13-3-1-2-12(17(13)19(24)27)7-21-10-20-6-14(20)8-22-11-20/h1-3,14-15,21-22H,4-11H2,(H,23,25,26). The number of rotatable bonds is 5. The predicted molar refractivity (Wildman–Crippen MR) is 97.6 cm³/mol. The van der Waals surface area contributed by atoms with Crippen LogP contribution in [0.25, 0.3) is 0 Å². The lowest BCUT2D eigenvalue weighted by atomic mass is 10.0. The minimum absolute atomic E-state index is 0.0955. The molecule has 7 heteroatoms. The molecular formula is C20H24N4O3. The molecule has 3 fully saturated rings. The van der Waals surface area contributed by atoms with Crippen LogP contribution < -0.4 is 16.0 Å². The minimum atomic E-state index is -0.556. The van der Waals surface area contributed by atoms with E-state index in [0.717, 1.165) is 42.2 Å². The average molecular weight is 368 g/mol. The molecule has 0 radical (unpaired) electrons. The van der Waals surface area contributed by atoms with Crippen molar-refractivity contribution in [3.63, 3.8) is 0 Å². The first-order valence-electron chi connectivity index (χ1n) is 9.74. The fourth-order valence-corrected chi connectivity index (χ4v) is 4.99. The first-order valence-corrected chi connectivity index (χ1v) is 9.74. The van der Waals surface area contributed by atoms with Crippen LogP contribution in [0.5, 0.6) is 0 Å². The Bertz CT molecular complexity index is 839. The van der Waals surface area contributed by atoms with E-state index in [4.69, 9.17) is 0 Å². The Morgan fingerprint density at radius 3 is 2.89 bits per heavy atom. The third-order valence-corrected chi connectivity index (χ3v) is 6.66. The van der Waals surface area contributed by atoms with Gasteiger partial charge >= 0.3 is 0 Å². The van der Waals surface area contributed by atoms with E-state index in [1.54, 1.807) is 4.90 Å². The summed E-state index contributed by atoms with van der Waals surface area (Å²) in [7, 11) is 0. The van der Waals surface area contributed by atoms with Gasteiger partial charge in [-0.3, -0.25) is 19.7 Å². The van der Waals surface area contributed by atoms with Crippen LogP contribution in [0, 0.1) is 11.3 Å². The van der Waals surface area contributed by atoms with Crippen molar-refractivity contribution in [1.29, 1.82) is 0 Å². The molecule has 142 valence electrons. The highest BCUT2D eigenvalue weighted by Crippen LogP contribution is 2.54. The molecule has 4 aliphatic rings. The number of carbonyl (C=O) groups is 3. The predicted octanol–water partition coefficient (Wildman–Crippen LogP) is 0.147. The van der Waals surface area contributed by atoms with E-state index >= 15 is 0 Å². The number of nitrogens with one attached hydrogen (secondary N) is 3. The summed E-state index contributed by atoms with van der Waals surface area (Å²) >= 11 is 0. The molecule has 3 heterocycles. The smallest absolute Gasteiger partial charge is 0.255 e. The van der Waals surface area contributed by atoms with Crippen molar-refractivity contribution in [3.8, 4) is 0 Å². The maximum absolute atomic E-state index is 13.1. The Labute approximate surface area is 157 Å². The number of hydrogen-bond acceptors (Lipinski definition) is 5. The molecule has 2 saturated heterocycles. The zero-order valence-corrected chi connectivity index (χ0v) is 15.2. The lowest BCUT2D eigenvalue weighted by Crippen LogP contribution is -2.52. The second kappa shape index (κ2) is 6.14. The fraction of sp³-hybridized carbons (Fsp3) is 0.550. The molecule has 1 aliphatic carbocycles. The van der Waals surface area contributed by atoms with E-state index in [2.05, 4.69) is 16.0 Å². The van der Waals surface area contributed by atoms with Crippen LogP contribution in [0.15, 0.2) is 18.2 Å². The largest absolute Gasteiger partial charge is 0.322 e. The second-order valence-electron chi connectivity index (χ2n) is 8.35. The van der Waals surface area contributed by atoms with E-state index in [9.17, 15) is 14.4 Å². The number of fused-ring (bicyclic) bond motifs is 2. The molecule has 3 N–H and O–H groups in total. The highest BCUT2D eigenvalue weighted by Gasteiger charge is 2.56. The van der Waals surface area contributed by atoms with Gasteiger partial charge in [-0.15, -0.1) is 0 Å². The lowest BCUT2D eigenvalue weighted by molar-refractivity contribution is -0.136. The van der Waals surface area contributed by atoms with Gasteiger partial charge in [-0.1, -0.05) is 18.2 Å². The number of nitrogens with zero attached hydrogens (tertiary/aromatic N) is 1. The fourth-order valence-electron chi connectivity index (χ4n) is 4.99. The number of piperidine rings is 2. The zero-order valence-electron chi connectivity index (χ0n) is 15.2. The SMILES string of the molecule is O=C1CCC(N2Cc3cccc(CNCC45CNCC4C5)c3C2=O)C(=O)N1. The summed E-state index contributed by atoms with van der Waals surface area (Å²) in [4.78, 5) is 38.3. The van der Waals surface area contributed by atoms with Crippen molar-refractivity contribution in [2.45, 2.75) is 38.4 Å². The Kier molecular flexibility index (Phi) is 3.84. The summed E-state index contributed by atoms with van der Waals surface area (Å²) in [6, 6.07) is 5.37. The van der Waals surface area contributed by atoms with Crippen molar-refractivity contribution < 1.29 is 14.4 Å². The Morgan fingerprint density at radius 2 is 2.15 bits per heavy atom. The molecule has 3 aliphatic heterocycles. The number of carbonyl (C=O) groups excluding carboxylic acids is 3. The van der Waals surface area contributed by atoms with Crippen molar-refractivity contribution >= 4 is 17.7 Å². The van der Waals surface area contributed by atoms with Crippen molar-refractivity contribution in [3.05, 3.63) is 34.9 Å². The molecule has 1 aromatic carbocycles. The van der Waals surface area contributed by atoms with E-state index in [1.165, 1.54) is 6.42 Å². The Morgan fingerprint density at radius 1 is 1.26 bits per heavy atom. The molecule has 0 bridgehead atoms. The third-order valence-electron chi connectivity index (χ3n) is 6.66. The lowest BCUT2D eigenvalue weighted by Gasteiger charge is -2.29. The van der Waals surface area contributed by atoms with Crippen molar-refractivity contribution in [2.75, 3.05) is 19.6 Å². The minimum Gasteiger partial charge on any atom is -0.322 e. The van der Waals surface area contributed by atoms with Gasteiger partial charge in [-0.05, 0) is 41.8 Å². The molecule has 0 spiro atoms. The summed E-state index contributed by atoms with van der Waals surface area (Å²) in [6.07, 6.45) is 1.97. The highest BCUT2D eigenvalue weighted by atomic mass is 16.2. The van der Waals surface area contributed by atoms with Crippen LogP contribution in [0.4, 0.5) is 0 Å². The van der Waals surface area contributed by atoms with Gasteiger partial charge in [-0.25, -0.2) is 0 Å². The van der Waals surface area contributed by atoms with Crippen LogP contribution in [-0.2, 0) is 22.7 Å². The molecule has 3 atom stereocenters. The first-order chi connectivity index (χ1) is 13.1. The molecule has 3 unspecified atom stereocenters. The van der Waals surface area contributed by atoms with Crippen LogP contribution in [0.1, 0.15) is 40.7 Å². The summed E-state index contributed by atoms with van der Waals surface area (Å²) in [5, 5.41) is 9.35. The summed E-state index contributed by atoms with van der Waals surface area (Å²) in [5.41, 5.74) is 3.10. The summed E-state index contributed by atoms with van der Waals surface area (Å²) < 4.78 is 0. The normalized spacial score (nSPS) is 31.7. The van der Waals surface area contributed by atoms with Gasteiger partial charge in [0.1, 0.15) is 6.04 Å². The molecule has 5 rings (SSSR count). The van der Waals surface area contributed by atoms with E-state index < -0.39 is 6.04 Å². The van der Waals surface area contributed by atoms with Gasteiger partial charge < -0.3 is 15.5 Å². The Balaban J connectivity index is 1.29. The molecule has 1 aromatic rings. The van der Waals surface area contributed by atoms with Gasteiger partial charge in [0.05, 0.1) is 0 Å². The molecule has 7 nitrogen and oxygen atoms in total. The van der Waals surface area contributed by atoms with Crippen LogP contribution in [-0.4, -0.2) is 48.3 Å². The molecule has 0 aromatic heterocycles. The topological polar surface area (TPSA) is 90.5 Å². The van der Waals surface area contributed by atoms with Crippen LogP contribution in [0.2, 0.25) is 0 Å². The number of amides is 3. The van der Waals surface area contributed by atoms with E-state index in [1.807, 2.05) is 18.2 Å². The number of imide groups is 1. The van der Waals surface area contributed by atoms with Crippen LogP contribution in [0.3, 0.4) is 0 Å². The quantitative estimate of drug-likeness (QED) is 0.644. The summed E-state index contributed by atoms with van der Waals surface area (Å²) in [5.74, 6) is 0.0853. The maximum atomic E-state index is 13.1. The van der Waals surface area contributed by atoms with Crippen LogP contribution >= 0.6 is 0 Å². The second-order valence-corrected chi connectivity index (χ2v) is 8.35. The molecule has 27 heavy (non-hydrogen) atoms. The van der Waals surface area contributed by atoms with Gasteiger partial charge in [0, 0.05) is 38.2 Å². The third kappa shape index (κ3) is 2.76. The highest BCUT2D eigenvalue weighted by molar-refractivity contribution is 6.05. The van der Waals surface area contributed by atoms with Crippen molar-refractivity contribution in [2.24, 2.45) is 11.3 Å². The number of benzene rings is 1. The first kappa shape index (κ1) is 16.9. The van der Waals surface area contributed by atoms with Gasteiger partial charge in [0.2, 0.25) is 11.8 Å². The molecule has 1 saturated carbocycles. The van der Waals surface area contributed by atoms with E-state index in [-0.39, 0.29) is 24.1 Å². The van der Waals surface area contributed by atoms with Gasteiger partial charge in [0.15, 0.2) is 0 Å². The average Bonchev–Trinajstić information content (AvgIpc) is 3.00. The number of hydrogen-bond donors (Lipinski definition) is 3. The molecular weight excluding hydrogens is 344 g/mol. The maximum Gasteiger partial charge on any atom is 0.255 e. The monoisotopic (exact) mass is 368 g/mol. The molecule has 3 amide bonds.